The molecular weight excluding hydrogens is 609 g/mol. The number of pyridine rings is 1. The second-order valence-electron chi connectivity index (χ2n) is 13.8. The van der Waals surface area contributed by atoms with Gasteiger partial charge in [-0.2, -0.15) is 8.78 Å². The number of carbonyl (C=O) groups excluding carboxylic acids is 1. The van der Waals surface area contributed by atoms with E-state index in [0.29, 0.717) is 40.8 Å². The minimum absolute atomic E-state index is 0.0980. The largest absolute Gasteiger partial charge is 0.405 e. The summed E-state index contributed by atoms with van der Waals surface area (Å²) < 4.78 is 54.8. The Morgan fingerprint density at radius 2 is 1.70 bits per heavy atom. The number of hydrogen-bond acceptors (Lipinski definition) is 7. The van der Waals surface area contributed by atoms with E-state index in [9.17, 15) is 4.79 Å². The summed E-state index contributed by atoms with van der Waals surface area (Å²) >= 11 is 0. The first-order valence-corrected chi connectivity index (χ1v) is 18.8. The fourth-order valence-corrected chi connectivity index (χ4v) is 10.2. The number of anilines is 2. The lowest BCUT2D eigenvalue weighted by atomic mass is 9.72. The van der Waals surface area contributed by atoms with Crippen LogP contribution in [-0.2, 0) is 15.1 Å². The summed E-state index contributed by atoms with van der Waals surface area (Å²) in [5.41, 5.74) is -0.0740. The van der Waals surface area contributed by atoms with Crippen molar-refractivity contribution in [2.75, 3.05) is 36.4 Å². The molecule has 12 heteroatoms. The lowest BCUT2D eigenvalue weighted by Crippen LogP contribution is -2.73. The van der Waals surface area contributed by atoms with Crippen LogP contribution >= 0.6 is 0 Å². The molecule has 0 saturated carbocycles. The molecule has 2 saturated heterocycles. The van der Waals surface area contributed by atoms with Gasteiger partial charge in [0.15, 0.2) is 14.0 Å². The number of rotatable bonds is 11. The van der Waals surface area contributed by atoms with E-state index in [-0.39, 0.29) is 16.9 Å². The number of halogens is 3. The molecule has 1 N–H and O–H groups in total. The average molecular weight is 657 g/mol. The Morgan fingerprint density at radius 1 is 1.07 bits per heavy atom. The Kier molecular flexibility index (Phi) is 8.95. The van der Waals surface area contributed by atoms with Crippen molar-refractivity contribution in [3.8, 4) is 0 Å². The van der Waals surface area contributed by atoms with Crippen LogP contribution in [-0.4, -0.2) is 65.9 Å². The highest BCUT2D eigenvalue weighted by Gasteiger charge is 2.54. The highest BCUT2D eigenvalue weighted by Crippen LogP contribution is 2.46. The summed E-state index contributed by atoms with van der Waals surface area (Å²) in [6.45, 7) is 18.9. The third-order valence-electron chi connectivity index (χ3n) is 10.2. The highest BCUT2D eigenvalue weighted by atomic mass is 28.4. The highest BCUT2D eigenvalue weighted by molar-refractivity contribution is 6.73. The number of benzene rings is 1. The Hall–Kier alpha value is -3.25. The van der Waals surface area contributed by atoms with Crippen molar-refractivity contribution < 1.29 is 22.4 Å². The number of carbonyl (C=O) groups is 1. The predicted octanol–water partition coefficient (Wildman–Crippen LogP) is 7.51. The van der Waals surface area contributed by atoms with Gasteiger partial charge in [-0.15, -0.1) is 0 Å². The van der Waals surface area contributed by atoms with Crippen LogP contribution in [0.15, 0.2) is 24.3 Å². The predicted molar refractivity (Wildman–Crippen MR) is 178 cm³/mol. The van der Waals surface area contributed by atoms with Crippen LogP contribution in [0.2, 0.25) is 18.1 Å². The van der Waals surface area contributed by atoms with E-state index in [2.05, 4.69) is 20.2 Å². The lowest BCUT2D eigenvalue weighted by molar-refractivity contribution is -0.161. The van der Waals surface area contributed by atoms with Crippen LogP contribution < -0.4 is 10.2 Å². The SMILES string of the molecule is CC[Si](CC)(CC)OC(C)(C)C(F)(F)c1cccc([C@@H](C)Nc2nc(C)nc3nc(C)c(N4CC5(CN(C(C)=O)C5)C4)cc23)c1F. The van der Waals surface area contributed by atoms with Gasteiger partial charge in [-0.05, 0) is 64.9 Å². The molecule has 2 aliphatic rings. The lowest BCUT2D eigenvalue weighted by Gasteiger charge is -2.60. The fraction of sp³-hybridized carbons (Fsp3) is 0.588. The summed E-state index contributed by atoms with van der Waals surface area (Å²) in [6.07, 6.45) is 0. The van der Waals surface area contributed by atoms with Crippen LogP contribution in [0.25, 0.3) is 11.0 Å². The maximum atomic E-state index is 16.2. The van der Waals surface area contributed by atoms with Gasteiger partial charge in [0.05, 0.1) is 28.4 Å². The van der Waals surface area contributed by atoms with Crippen molar-refractivity contribution in [3.63, 3.8) is 0 Å². The van der Waals surface area contributed by atoms with Gasteiger partial charge in [-0.25, -0.2) is 19.3 Å². The Labute approximate surface area is 271 Å². The monoisotopic (exact) mass is 656 g/mol. The Bertz CT molecular complexity index is 1620. The van der Waals surface area contributed by atoms with Crippen LogP contribution in [0, 0.1) is 25.1 Å². The molecule has 2 aliphatic heterocycles. The molecule has 1 atom stereocenters. The first-order valence-electron chi connectivity index (χ1n) is 16.3. The maximum Gasteiger partial charge on any atom is 0.302 e. The quantitative estimate of drug-likeness (QED) is 0.214. The average Bonchev–Trinajstić information content (AvgIpc) is 2.94. The number of alkyl halides is 2. The van der Waals surface area contributed by atoms with E-state index in [1.165, 1.54) is 26.0 Å². The van der Waals surface area contributed by atoms with Gasteiger partial charge in [0.1, 0.15) is 23.1 Å². The van der Waals surface area contributed by atoms with E-state index < -0.39 is 37.3 Å². The van der Waals surface area contributed by atoms with Gasteiger partial charge in [-0.1, -0.05) is 32.9 Å². The van der Waals surface area contributed by atoms with Gasteiger partial charge < -0.3 is 19.5 Å². The molecule has 2 fully saturated rings. The minimum Gasteiger partial charge on any atom is -0.405 e. The van der Waals surface area contributed by atoms with E-state index in [4.69, 9.17) is 9.41 Å². The van der Waals surface area contributed by atoms with Crippen molar-refractivity contribution in [3.05, 3.63) is 52.7 Å². The summed E-state index contributed by atoms with van der Waals surface area (Å²) in [7, 11) is -2.42. The molecule has 1 spiro atoms. The molecular formula is C34H47F3N6O2Si. The number of amides is 1. The molecule has 3 aromatic rings. The molecule has 4 heterocycles. The van der Waals surface area contributed by atoms with Gasteiger partial charge in [-0.3, -0.25) is 4.79 Å². The summed E-state index contributed by atoms with van der Waals surface area (Å²) in [5.74, 6) is -3.50. The second-order valence-corrected chi connectivity index (χ2v) is 18.5. The van der Waals surface area contributed by atoms with Crippen molar-refractivity contribution in [2.45, 2.75) is 98.0 Å². The molecule has 0 aliphatic carbocycles. The third-order valence-corrected chi connectivity index (χ3v) is 15.0. The van der Waals surface area contributed by atoms with Gasteiger partial charge in [0.25, 0.3) is 0 Å². The normalized spacial score (nSPS) is 17.2. The molecule has 1 aromatic carbocycles. The van der Waals surface area contributed by atoms with E-state index in [1.807, 2.05) is 38.7 Å². The molecule has 0 bridgehead atoms. The number of hydrogen-bond donors (Lipinski definition) is 1. The van der Waals surface area contributed by atoms with Crippen LogP contribution in [0.4, 0.5) is 24.7 Å². The molecule has 5 rings (SSSR count). The number of nitrogens with one attached hydrogen (secondary N) is 1. The number of likely N-dealkylation sites (tertiary alicyclic amines) is 1. The first-order chi connectivity index (χ1) is 21.5. The molecule has 2 aromatic heterocycles. The Morgan fingerprint density at radius 3 is 2.28 bits per heavy atom. The summed E-state index contributed by atoms with van der Waals surface area (Å²) in [5, 5.41) is 3.94. The van der Waals surface area contributed by atoms with Gasteiger partial charge in [0, 0.05) is 44.1 Å². The number of nitrogens with zero attached hydrogens (tertiary/aromatic N) is 5. The standard InChI is InChI=1S/C34H47F3N6O2Si/c1-10-46(11-2,12-3)45-32(8,9)34(36,37)27-15-13-14-25(29(27)35)21(4)38-30-26-16-28(22(5)39-31(26)41-23(6)40-30)43-19-33(20-43)17-42(18-33)24(7)44/h13-16,21H,10-12,17-20H2,1-9H3,(H,38,39,40,41)/t21-/m1/s1. The number of fused-ring (bicyclic) bond motifs is 1. The van der Waals surface area contributed by atoms with Gasteiger partial charge >= 0.3 is 5.92 Å². The molecule has 0 unspecified atom stereocenters. The van der Waals surface area contributed by atoms with Crippen LogP contribution in [0.5, 0.6) is 0 Å². The van der Waals surface area contributed by atoms with Gasteiger partial charge in [0.2, 0.25) is 5.91 Å². The van der Waals surface area contributed by atoms with Crippen molar-refractivity contribution >= 4 is 36.8 Å². The van der Waals surface area contributed by atoms with Crippen LogP contribution in [0.3, 0.4) is 0 Å². The second kappa shape index (κ2) is 12.1. The zero-order chi connectivity index (χ0) is 33.8. The first kappa shape index (κ1) is 34.1. The van der Waals surface area contributed by atoms with Crippen molar-refractivity contribution in [2.24, 2.45) is 5.41 Å². The topological polar surface area (TPSA) is 83.5 Å². The zero-order valence-electron chi connectivity index (χ0n) is 28.5. The number of aromatic nitrogens is 3. The zero-order valence-corrected chi connectivity index (χ0v) is 29.5. The molecule has 8 nitrogen and oxygen atoms in total. The molecule has 0 radical (unpaired) electrons. The minimum atomic E-state index is -3.57. The van der Waals surface area contributed by atoms with Crippen molar-refractivity contribution in [1.82, 2.24) is 19.9 Å². The smallest absolute Gasteiger partial charge is 0.302 e. The third kappa shape index (κ3) is 5.87. The van der Waals surface area contributed by atoms with E-state index in [1.54, 1.807) is 20.8 Å². The number of aryl methyl sites for hydroxylation is 2. The maximum absolute atomic E-state index is 16.2. The fourth-order valence-electron chi connectivity index (χ4n) is 7.10. The van der Waals surface area contributed by atoms with E-state index in [0.717, 1.165) is 43.6 Å². The molecule has 46 heavy (non-hydrogen) atoms. The molecule has 1 amide bonds. The van der Waals surface area contributed by atoms with E-state index >= 15 is 13.2 Å². The summed E-state index contributed by atoms with van der Waals surface area (Å²) in [4.78, 5) is 29.7. The summed E-state index contributed by atoms with van der Waals surface area (Å²) in [6, 6.07) is 7.58. The van der Waals surface area contributed by atoms with Crippen molar-refractivity contribution in [1.29, 1.82) is 0 Å². The Balaban J connectivity index is 1.42. The molecule has 250 valence electrons. The van der Waals surface area contributed by atoms with Crippen LogP contribution in [0.1, 0.15) is 77.2 Å².